The molecule has 0 saturated carbocycles. The minimum atomic E-state index is -3.28. The predicted molar refractivity (Wildman–Crippen MR) is 77.1 cm³/mol. The maximum Gasteiger partial charge on any atom is 0.279 e. The molecule has 0 radical (unpaired) electrons. The Labute approximate surface area is 116 Å². The third kappa shape index (κ3) is 4.56. The highest BCUT2D eigenvalue weighted by atomic mass is 32.2. The average molecular weight is 287 g/mol. The molecule has 0 aromatic rings. The van der Waals surface area contributed by atoms with Gasteiger partial charge in [0.15, 0.2) is 0 Å². The molecule has 0 amide bonds. The minimum Gasteiger partial charge on any atom is -0.313 e. The van der Waals surface area contributed by atoms with E-state index in [1.54, 1.807) is 4.31 Å². The molecule has 0 aromatic carbocycles. The fraction of sp³-hybridized carbons (Fsp3) is 0.846. The summed E-state index contributed by atoms with van der Waals surface area (Å²) < 4.78 is 28.6. The van der Waals surface area contributed by atoms with Crippen LogP contribution in [0.5, 0.6) is 0 Å². The smallest absolute Gasteiger partial charge is 0.279 e. The standard InChI is InChI=1S/C13H25N3O2S/c1-12-3-2-10-16(11-12)19(17,18)15-9-6-13-4-7-14-8-5-13/h4,12,14-15H,2-3,5-11H2,1H3. The molecular formula is C13H25N3O2S. The summed E-state index contributed by atoms with van der Waals surface area (Å²) in [5.41, 5.74) is 1.36. The van der Waals surface area contributed by atoms with Crippen molar-refractivity contribution in [1.82, 2.24) is 14.3 Å². The van der Waals surface area contributed by atoms with Gasteiger partial charge in [0.1, 0.15) is 0 Å². The molecule has 0 aromatic heterocycles. The number of hydrogen-bond donors (Lipinski definition) is 2. The summed E-state index contributed by atoms with van der Waals surface area (Å²) in [4.78, 5) is 0. The van der Waals surface area contributed by atoms with Gasteiger partial charge in [0.05, 0.1) is 0 Å². The van der Waals surface area contributed by atoms with E-state index in [-0.39, 0.29) is 0 Å². The van der Waals surface area contributed by atoms with Crippen molar-refractivity contribution in [2.75, 3.05) is 32.7 Å². The van der Waals surface area contributed by atoms with Crippen LogP contribution in [-0.2, 0) is 10.2 Å². The van der Waals surface area contributed by atoms with E-state index < -0.39 is 10.2 Å². The second-order valence-electron chi connectivity index (χ2n) is 5.57. The Hall–Kier alpha value is -0.430. The van der Waals surface area contributed by atoms with E-state index in [9.17, 15) is 8.42 Å². The van der Waals surface area contributed by atoms with Gasteiger partial charge in [-0.25, -0.2) is 4.72 Å². The van der Waals surface area contributed by atoms with Gasteiger partial charge in [-0.2, -0.15) is 12.7 Å². The SMILES string of the molecule is CC1CCCN(S(=O)(=O)NCCC2=CCNCC2)C1. The average Bonchev–Trinajstić information content (AvgIpc) is 2.40. The van der Waals surface area contributed by atoms with E-state index in [2.05, 4.69) is 23.0 Å². The molecule has 110 valence electrons. The quantitative estimate of drug-likeness (QED) is 0.737. The van der Waals surface area contributed by atoms with Gasteiger partial charge < -0.3 is 5.32 Å². The van der Waals surface area contributed by atoms with E-state index in [0.717, 1.165) is 38.8 Å². The van der Waals surface area contributed by atoms with Gasteiger partial charge in [0.25, 0.3) is 10.2 Å². The molecule has 2 heterocycles. The summed E-state index contributed by atoms with van der Waals surface area (Å²) in [5.74, 6) is 0.470. The second-order valence-corrected chi connectivity index (χ2v) is 7.33. The second kappa shape index (κ2) is 6.83. The fourth-order valence-corrected chi connectivity index (χ4v) is 4.06. The molecule has 0 spiro atoms. The van der Waals surface area contributed by atoms with Crippen molar-refractivity contribution in [3.63, 3.8) is 0 Å². The minimum absolute atomic E-state index is 0.470. The summed E-state index contributed by atoms with van der Waals surface area (Å²) in [7, 11) is -3.28. The number of hydrogen-bond acceptors (Lipinski definition) is 3. The van der Waals surface area contributed by atoms with Gasteiger partial charge in [-0.3, -0.25) is 0 Å². The van der Waals surface area contributed by atoms with Crippen molar-refractivity contribution in [1.29, 1.82) is 0 Å². The fourth-order valence-electron chi connectivity index (χ4n) is 2.69. The van der Waals surface area contributed by atoms with Crippen LogP contribution in [0.3, 0.4) is 0 Å². The van der Waals surface area contributed by atoms with Crippen molar-refractivity contribution in [3.8, 4) is 0 Å². The molecule has 0 aliphatic carbocycles. The van der Waals surface area contributed by atoms with Crippen LogP contribution in [-0.4, -0.2) is 45.4 Å². The van der Waals surface area contributed by atoms with E-state index >= 15 is 0 Å². The summed E-state index contributed by atoms with van der Waals surface area (Å²) >= 11 is 0. The summed E-state index contributed by atoms with van der Waals surface area (Å²) in [6, 6.07) is 0. The summed E-state index contributed by atoms with van der Waals surface area (Å²) in [5, 5.41) is 3.25. The number of nitrogens with one attached hydrogen (secondary N) is 2. The van der Waals surface area contributed by atoms with Gasteiger partial charge in [-0.05, 0) is 38.1 Å². The summed E-state index contributed by atoms with van der Waals surface area (Å²) in [6.45, 7) is 5.85. The maximum atomic E-state index is 12.2. The molecule has 2 N–H and O–H groups in total. The normalized spacial score (nSPS) is 26.2. The molecular weight excluding hydrogens is 262 g/mol. The molecule has 0 bridgehead atoms. The van der Waals surface area contributed by atoms with Gasteiger partial charge in [0.2, 0.25) is 0 Å². The molecule has 6 heteroatoms. The predicted octanol–water partition coefficient (Wildman–Crippen LogP) is 0.862. The van der Waals surface area contributed by atoms with Crippen molar-refractivity contribution in [3.05, 3.63) is 11.6 Å². The third-order valence-electron chi connectivity index (χ3n) is 3.85. The van der Waals surface area contributed by atoms with E-state index in [4.69, 9.17) is 0 Å². The van der Waals surface area contributed by atoms with Crippen LogP contribution in [0.1, 0.15) is 32.6 Å². The largest absolute Gasteiger partial charge is 0.313 e. The van der Waals surface area contributed by atoms with Crippen LogP contribution in [0, 0.1) is 5.92 Å². The Kier molecular flexibility index (Phi) is 5.38. The Morgan fingerprint density at radius 2 is 2.37 bits per heavy atom. The van der Waals surface area contributed by atoms with E-state index in [1.807, 2.05) is 0 Å². The van der Waals surface area contributed by atoms with Crippen molar-refractivity contribution in [2.24, 2.45) is 5.92 Å². The lowest BCUT2D eigenvalue weighted by Gasteiger charge is -2.30. The molecule has 1 saturated heterocycles. The number of nitrogens with zero attached hydrogens (tertiary/aromatic N) is 1. The van der Waals surface area contributed by atoms with Crippen LogP contribution in [0.2, 0.25) is 0 Å². The molecule has 5 nitrogen and oxygen atoms in total. The molecule has 1 atom stereocenters. The van der Waals surface area contributed by atoms with E-state index in [1.165, 1.54) is 5.57 Å². The van der Waals surface area contributed by atoms with Crippen LogP contribution < -0.4 is 10.0 Å². The lowest BCUT2D eigenvalue weighted by molar-refractivity contribution is 0.278. The lowest BCUT2D eigenvalue weighted by atomic mass is 10.0. The van der Waals surface area contributed by atoms with Crippen LogP contribution >= 0.6 is 0 Å². The van der Waals surface area contributed by atoms with Crippen molar-refractivity contribution < 1.29 is 8.42 Å². The van der Waals surface area contributed by atoms with Crippen molar-refractivity contribution in [2.45, 2.75) is 32.6 Å². The first kappa shape index (κ1) is 15.0. The highest BCUT2D eigenvalue weighted by Gasteiger charge is 2.26. The Balaban J connectivity index is 1.78. The molecule has 1 fully saturated rings. The molecule has 2 aliphatic rings. The van der Waals surface area contributed by atoms with Crippen LogP contribution in [0.25, 0.3) is 0 Å². The first-order valence-electron chi connectivity index (χ1n) is 7.21. The monoisotopic (exact) mass is 287 g/mol. The highest BCUT2D eigenvalue weighted by Crippen LogP contribution is 2.17. The van der Waals surface area contributed by atoms with Crippen molar-refractivity contribution >= 4 is 10.2 Å². The molecule has 2 rings (SSSR count). The Morgan fingerprint density at radius 1 is 1.53 bits per heavy atom. The van der Waals surface area contributed by atoms with Gasteiger partial charge in [-0.1, -0.05) is 18.6 Å². The zero-order valence-corrected chi connectivity index (χ0v) is 12.5. The molecule has 1 unspecified atom stereocenters. The maximum absolute atomic E-state index is 12.2. The zero-order valence-electron chi connectivity index (χ0n) is 11.7. The first-order chi connectivity index (χ1) is 9.08. The highest BCUT2D eigenvalue weighted by molar-refractivity contribution is 7.87. The van der Waals surface area contributed by atoms with Crippen LogP contribution in [0.15, 0.2) is 11.6 Å². The van der Waals surface area contributed by atoms with E-state index in [0.29, 0.717) is 25.6 Å². The molecule has 2 aliphatic heterocycles. The van der Waals surface area contributed by atoms with Gasteiger partial charge in [0, 0.05) is 26.2 Å². The van der Waals surface area contributed by atoms with Gasteiger partial charge >= 0.3 is 0 Å². The van der Waals surface area contributed by atoms with Crippen LogP contribution in [0.4, 0.5) is 0 Å². The topological polar surface area (TPSA) is 61.4 Å². The third-order valence-corrected chi connectivity index (χ3v) is 5.43. The zero-order chi connectivity index (χ0) is 13.7. The Morgan fingerprint density at radius 3 is 3.05 bits per heavy atom. The van der Waals surface area contributed by atoms with Gasteiger partial charge in [-0.15, -0.1) is 0 Å². The summed E-state index contributed by atoms with van der Waals surface area (Å²) in [6.07, 6.45) is 6.12. The lowest BCUT2D eigenvalue weighted by Crippen LogP contribution is -2.45. The molecule has 19 heavy (non-hydrogen) atoms. The first-order valence-corrected chi connectivity index (χ1v) is 8.65. The Bertz CT molecular complexity index is 420. The number of piperidine rings is 1. The number of rotatable bonds is 5.